The van der Waals surface area contributed by atoms with E-state index in [0.717, 1.165) is 16.7 Å². The van der Waals surface area contributed by atoms with Crippen molar-refractivity contribution in [1.82, 2.24) is 4.98 Å². The third-order valence-corrected chi connectivity index (χ3v) is 9.36. The fourth-order valence-electron chi connectivity index (χ4n) is 7.61. The highest BCUT2D eigenvalue weighted by Crippen LogP contribution is 2.64. The quantitative estimate of drug-likeness (QED) is 0.198. The van der Waals surface area contributed by atoms with Crippen molar-refractivity contribution in [3.8, 4) is 44.5 Å². The topological polar surface area (TPSA) is 17.2 Å². The van der Waals surface area contributed by atoms with Crippen molar-refractivity contribution < 1.29 is 0 Å². The van der Waals surface area contributed by atoms with Crippen molar-refractivity contribution in [2.24, 2.45) is 0 Å². The summed E-state index contributed by atoms with van der Waals surface area (Å²) in [6, 6.07) is 48.8. The summed E-state index contributed by atoms with van der Waals surface area (Å²) < 4.78 is 0. The van der Waals surface area contributed by atoms with Crippen LogP contribution in [0.4, 0.5) is 5.69 Å². The van der Waals surface area contributed by atoms with E-state index in [1.807, 2.05) is 12.3 Å². The van der Waals surface area contributed by atoms with Gasteiger partial charge in [0.25, 0.3) is 0 Å². The molecule has 0 atom stereocenters. The Kier molecular flexibility index (Phi) is 4.92. The number of fused-ring (bicyclic) bond motifs is 12. The maximum absolute atomic E-state index is 7.42. The molecule has 0 unspecified atom stereocenters. The normalized spacial score (nSPS) is 13.3. The summed E-state index contributed by atoms with van der Waals surface area (Å²) in [7, 11) is 0. The Morgan fingerprint density at radius 3 is 1.98 bits per heavy atom. The van der Waals surface area contributed by atoms with E-state index in [1.165, 1.54) is 60.8 Å². The highest BCUT2D eigenvalue weighted by atomic mass is 14.7. The maximum Gasteiger partial charge on any atom is 0.205 e. The number of benzene rings is 6. The summed E-state index contributed by atoms with van der Waals surface area (Å²) in [5.74, 6) is 0. The number of rotatable bonds is 2. The Morgan fingerprint density at radius 1 is 0.488 bits per heavy atom. The third-order valence-electron chi connectivity index (χ3n) is 9.36. The third kappa shape index (κ3) is 3.19. The Morgan fingerprint density at radius 2 is 1.19 bits per heavy atom. The minimum atomic E-state index is -0.399. The van der Waals surface area contributed by atoms with Crippen LogP contribution in [-0.4, -0.2) is 4.98 Å². The van der Waals surface area contributed by atoms with Gasteiger partial charge in [0.15, 0.2) is 0 Å². The molecule has 6 aromatic carbocycles. The first-order valence-corrected chi connectivity index (χ1v) is 14.6. The van der Waals surface area contributed by atoms with Gasteiger partial charge in [-0.05, 0) is 95.7 Å². The van der Waals surface area contributed by atoms with Gasteiger partial charge < -0.3 is 0 Å². The van der Waals surface area contributed by atoms with Crippen LogP contribution in [0.1, 0.15) is 22.3 Å². The van der Waals surface area contributed by atoms with E-state index >= 15 is 0 Å². The van der Waals surface area contributed by atoms with Crippen LogP contribution in [0.5, 0.6) is 0 Å². The molecule has 2 nitrogen and oxygen atoms in total. The fraction of sp³-hybridized carbons (Fsp3) is 0.0244. The minimum absolute atomic E-state index is 0.399. The average Bonchev–Trinajstić information content (AvgIpc) is 3.55. The van der Waals surface area contributed by atoms with Gasteiger partial charge in [-0.2, -0.15) is 0 Å². The van der Waals surface area contributed by atoms with Gasteiger partial charge in [0.2, 0.25) is 5.69 Å². The van der Waals surface area contributed by atoms with Gasteiger partial charge in [0.1, 0.15) is 0 Å². The predicted molar refractivity (Wildman–Crippen MR) is 175 cm³/mol. The van der Waals surface area contributed by atoms with E-state index < -0.39 is 5.41 Å². The van der Waals surface area contributed by atoms with Crippen molar-refractivity contribution >= 4 is 16.5 Å². The monoisotopic (exact) mass is 544 g/mol. The van der Waals surface area contributed by atoms with Gasteiger partial charge in [-0.15, -0.1) is 0 Å². The molecule has 0 fully saturated rings. The molecule has 7 aromatic rings. The van der Waals surface area contributed by atoms with Crippen LogP contribution in [0.25, 0.3) is 60.1 Å². The van der Waals surface area contributed by atoms with Crippen LogP contribution in [0.2, 0.25) is 0 Å². The Labute approximate surface area is 250 Å². The fourth-order valence-corrected chi connectivity index (χ4v) is 7.61. The second-order valence-corrected chi connectivity index (χ2v) is 11.4. The van der Waals surface area contributed by atoms with Gasteiger partial charge in [0, 0.05) is 12.4 Å². The summed E-state index contributed by atoms with van der Waals surface area (Å²) in [6.07, 6.45) is 3.44. The molecule has 198 valence electrons. The molecule has 0 N–H and O–H groups in total. The lowest BCUT2D eigenvalue weighted by Crippen LogP contribution is -2.25. The van der Waals surface area contributed by atoms with Crippen molar-refractivity contribution in [2.75, 3.05) is 0 Å². The van der Waals surface area contributed by atoms with E-state index in [9.17, 15) is 0 Å². The van der Waals surface area contributed by atoms with Gasteiger partial charge in [-0.1, -0.05) is 115 Å². The Hall–Kier alpha value is -5.78. The number of pyridine rings is 1. The van der Waals surface area contributed by atoms with E-state index in [2.05, 4.69) is 137 Å². The smallest absolute Gasteiger partial charge is 0.205 e. The molecular formula is C41H24N2. The zero-order chi connectivity index (χ0) is 28.5. The van der Waals surface area contributed by atoms with Crippen LogP contribution in [0.15, 0.2) is 146 Å². The molecule has 43 heavy (non-hydrogen) atoms. The molecule has 0 saturated heterocycles. The average molecular weight is 545 g/mol. The summed E-state index contributed by atoms with van der Waals surface area (Å²) in [6.45, 7) is 7.42. The Balaban J connectivity index is 1.34. The van der Waals surface area contributed by atoms with Crippen molar-refractivity contribution in [3.63, 3.8) is 0 Å². The summed E-state index contributed by atoms with van der Waals surface area (Å²) in [5, 5.41) is 2.55. The highest BCUT2D eigenvalue weighted by Gasteiger charge is 2.52. The minimum Gasteiger partial charge on any atom is -0.276 e. The summed E-state index contributed by atoms with van der Waals surface area (Å²) >= 11 is 0. The molecule has 9 rings (SSSR count). The lowest BCUT2D eigenvalue weighted by atomic mass is 9.70. The molecule has 0 amide bonds. The standard InChI is InChI=1S/C41H24N2/c1-42-31-22-30(24-43-25-31)28-11-8-10-27(21-28)29-17-19-35-39(23-29)41(38-20-18-26-9-2-3-12-32(26)40(35)38)36-15-6-4-13-33(36)34-14-5-7-16-37(34)41/h2-25H. The largest absolute Gasteiger partial charge is 0.276 e. The molecule has 0 radical (unpaired) electrons. The molecule has 2 aliphatic rings. The van der Waals surface area contributed by atoms with E-state index in [-0.39, 0.29) is 0 Å². The zero-order valence-corrected chi connectivity index (χ0v) is 23.3. The highest BCUT2D eigenvalue weighted by molar-refractivity contribution is 6.06. The zero-order valence-electron chi connectivity index (χ0n) is 23.3. The van der Waals surface area contributed by atoms with Crippen molar-refractivity contribution in [2.45, 2.75) is 5.41 Å². The molecule has 1 spiro atoms. The van der Waals surface area contributed by atoms with Crippen LogP contribution in [-0.2, 0) is 5.41 Å². The van der Waals surface area contributed by atoms with E-state index in [0.29, 0.717) is 5.69 Å². The maximum atomic E-state index is 7.42. The molecule has 0 bridgehead atoms. The first-order valence-electron chi connectivity index (χ1n) is 14.6. The van der Waals surface area contributed by atoms with Crippen molar-refractivity contribution in [3.05, 3.63) is 180 Å². The first kappa shape index (κ1) is 23.9. The molecule has 1 heterocycles. The predicted octanol–water partition coefficient (Wildman–Crippen LogP) is 10.5. The van der Waals surface area contributed by atoms with E-state index in [1.54, 1.807) is 6.20 Å². The van der Waals surface area contributed by atoms with Crippen LogP contribution in [0, 0.1) is 6.57 Å². The number of hydrogen-bond acceptors (Lipinski definition) is 1. The number of nitrogens with zero attached hydrogens (tertiary/aromatic N) is 2. The molecule has 1 aromatic heterocycles. The van der Waals surface area contributed by atoms with Gasteiger partial charge in [-0.25, -0.2) is 4.85 Å². The van der Waals surface area contributed by atoms with Gasteiger partial charge in [0.05, 0.1) is 12.0 Å². The number of hydrogen-bond donors (Lipinski definition) is 0. The molecule has 2 heteroatoms. The lowest BCUT2D eigenvalue weighted by molar-refractivity contribution is 0.795. The SMILES string of the molecule is [C-]#[N+]c1cncc(-c2cccc(-c3ccc4c(c3)C3(c5ccccc5-c5ccccc53)c3ccc5ccccc5c3-4)c2)c1. The second kappa shape index (κ2) is 8.86. The van der Waals surface area contributed by atoms with Gasteiger partial charge >= 0.3 is 0 Å². The van der Waals surface area contributed by atoms with Gasteiger partial charge in [-0.3, -0.25) is 4.98 Å². The van der Waals surface area contributed by atoms with Crippen LogP contribution in [0.3, 0.4) is 0 Å². The van der Waals surface area contributed by atoms with E-state index in [4.69, 9.17) is 6.57 Å². The lowest BCUT2D eigenvalue weighted by Gasteiger charge is -2.31. The summed E-state index contributed by atoms with van der Waals surface area (Å²) in [5.41, 5.74) is 15.1. The molecule has 0 aliphatic heterocycles. The van der Waals surface area contributed by atoms with Crippen LogP contribution < -0.4 is 0 Å². The van der Waals surface area contributed by atoms with Crippen LogP contribution >= 0.6 is 0 Å². The number of aromatic nitrogens is 1. The first-order chi connectivity index (χ1) is 21.3. The summed E-state index contributed by atoms with van der Waals surface area (Å²) in [4.78, 5) is 7.89. The van der Waals surface area contributed by atoms with Crippen molar-refractivity contribution in [1.29, 1.82) is 0 Å². The molecular weight excluding hydrogens is 520 g/mol. The second-order valence-electron chi connectivity index (χ2n) is 11.4. The molecule has 0 saturated carbocycles. The molecule has 2 aliphatic carbocycles. The Bertz CT molecular complexity index is 2280.